The maximum atomic E-state index is 13.4. The Morgan fingerprint density at radius 3 is 2.65 bits per heavy atom. The molecule has 2 aromatic carbocycles. The highest BCUT2D eigenvalue weighted by molar-refractivity contribution is 5.88. The standard InChI is InChI=1S/C24H27FN2O4/c1-30-15-22(28)27-12-13-31-24(16-27,23(29)26-20-10-11-20)14-18-4-2-3-5-21(18)17-6-8-19(25)9-7-17/h2-9,20H,10-16H2,1H3,(H,26,29). The van der Waals surface area contributed by atoms with Gasteiger partial charge >= 0.3 is 0 Å². The first kappa shape index (κ1) is 21.5. The van der Waals surface area contributed by atoms with Gasteiger partial charge in [-0.2, -0.15) is 0 Å². The lowest BCUT2D eigenvalue weighted by atomic mass is 9.87. The van der Waals surface area contributed by atoms with E-state index in [9.17, 15) is 14.0 Å². The predicted octanol–water partition coefficient (Wildman–Crippen LogP) is 2.56. The number of halogens is 1. The summed E-state index contributed by atoms with van der Waals surface area (Å²) in [4.78, 5) is 27.5. The Hall–Kier alpha value is -2.77. The molecule has 0 bridgehead atoms. The minimum absolute atomic E-state index is 0.0352. The molecule has 1 aliphatic heterocycles. The molecule has 6 nitrogen and oxygen atoms in total. The highest BCUT2D eigenvalue weighted by Crippen LogP contribution is 2.31. The lowest BCUT2D eigenvalue weighted by molar-refractivity contribution is -0.167. The van der Waals surface area contributed by atoms with Crippen LogP contribution in [0.5, 0.6) is 0 Å². The highest BCUT2D eigenvalue weighted by Gasteiger charge is 2.46. The molecule has 1 saturated heterocycles. The zero-order valence-electron chi connectivity index (χ0n) is 17.6. The second-order valence-electron chi connectivity index (χ2n) is 8.18. The molecule has 4 rings (SSSR count). The van der Waals surface area contributed by atoms with E-state index in [1.54, 1.807) is 17.0 Å². The smallest absolute Gasteiger partial charge is 0.254 e. The van der Waals surface area contributed by atoms with Crippen LogP contribution in [0.2, 0.25) is 0 Å². The summed E-state index contributed by atoms with van der Waals surface area (Å²) in [6.45, 7) is 0.810. The monoisotopic (exact) mass is 426 g/mol. The molecule has 1 atom stereocenters. The average Bonchev–Trinajstić information content (AvgIpc) is 3.59. The van der Waals surface area contributed by atoms with Gasteiger partial charge in [0, 0.05) is 26.1 Å². The molecule has 164 valence electrons. The van der Waals surface area contributed by atoms with Crippen LogP contribution in [-0.4, -0.2) is 61.8 Å². The molecule has 31 heavy (non-hydrogen) atoms. The first-order valence-electron chi connectivity index (χ1n) is 10.6. The highest BCUT2D eigenvalue weighted by atomic mass is 19.1. The molecule has 2 aromatic rings. The van der Waals surface area contributed by atoms with Crippen LogP contribution in [0.1, 0.15) is 18.4 Å². The zero-order chi connectivity index (χ0) is 21.8. The zero-order valence-corrected chi connectivity index (χ0v) is 17.6. The summed E-state index contributed by atoms with van der Waals surface area (Å²) in [7, 11) is 1.48. The quantitative estimate of drug-likeness (QED) is 0.739. The summed E-state index contributed by atoms with van der Waals surface area (Å²) in [5, 5.41) is 3.06. The van der Waals surface area contributed by atoms with Crippen LogP contribution in [0.15, 0.2) is 48.5 Å². The van der Waals surface area contributed by atoms with Crippen molar-refractivity contribution in [2.45, 2.75) is 30.9 Å². The minimum Gasteiger partial charge on any atom is -0.375 e. The van der Waals surface area contributed by atoms with Gasteiger partial charge in [-0.1, -0.05) is 36.4 Å². The van der Waals surface area contributed by atoms with Gasteiger partial charge < -0.3 is 19.7 Å². The van der Waals surface area contributed by atoms with Gasteiger partial charge in [-0.05, 0) is 41.7 Å². The van der Waals surface area contributed by atoms with Crippen molar-refractivity contribution < 1.29 is 23.5 Å². The Balaban J connectivity index is 1.66. The Morgan fingerprint density at radius 1 is 1.19 bits per heavy atom. The number of hydrogen-bond acceptors (Lipinski definition) is 4. The molecule has 0 aromatic heterocycles. The molecule has 2 amide bonds. The summed E-state index contributed by atoms with van der Waals surface area (Å²) in [5.74, 6) is -0.663. The van der Waals surface area contributed by atoms with Crippen LogP contribution in [0.25, 0.3) is 11.1 Å². The van der Waals surface area contributed by atoms with Crippen LogP contribution in [0.4, 0.5) is 4.39 Å². The maximum Gasteiger partial charge on any atom is 0.254 e. The van der Waals surface area contributed by atoms with Crippen molar-refractivity contribution in [1.29, 1.82) is 0 Å². The van der Waals surface area contributed by atoms with Crippen molar-refractivity contribution in [3.05, 3.63) is 59.9 Å². The predicted molar refractivity (Wildman–Crippen MR) is 114 cm³/mol. The summed E-state index contributed by atoms with van der Waals surface area (Å²) >= 11 is 0. The SMILES string of the molecule is COCC(=O)N1CCOC(Cc2ccccc2-c2ccc(F)cc2)(C(=O)NC2CC2)C1. The van der Waals surface area contributed by atoms with Crippen molar-refractivity contribution in [2.24, 2.45) is 0 Å². The Bertz CT molecular complexity index is 945. The number of nitrogens with one attached hydrogen (secondary N) is 1. The van der Waals surface area contributed by atoms with Crippen molar-refractivity contribution in [3.8, 4) is 11.1 Å². The molecule has 1 aliphatic carbocycles. The second-order valence-corrected chi connectivity index (χ2v) is 8.18. The van der Waals surface area contributed by atoms with E-state index in [2.05, 4.69) is 5.32 Å². The van der Waals surface area contributed by atoms with Crippen molar-refractivity contribution in [3.63, 3.8) is 0 Å². The van der Waals surface area contributed by atoms with Crippen molar-refractivity contribution >= 4 is 11.8 Å². The van der Waals surface area contributed by atoms with E-state index in [4.69, 9.17) is 9.47 Å². The van der Waals surface area contributed by atoms with Crippen LogP contribution in [-0.2, 0) is 25.5 Å². The molecule has 0 radical (unpaired) electrons. The molecule has 0 spiro atoms. The molecule has 1 N–H and O–H groups in total. The molecule has 7 heteroatoms. The number of rotatable bonds is 7. The van der Waals surface area contributed by atoms with E-state index in [0.29, 0.717) is 13.0 Å². The van der Waals surface area contributed by atoms with E-state index in [1.165, 1.54) is 19.2 Å². The molecule has 2 fully saturated rings. The van der Waals surface area contributed by atoms with Gasteiger partial charge in [0.1, 0.15) is 12.4 Å². The number of amides is 2. The second kappa shape index (κ2) is 9.16. The number of methoxy groups -OCH3 is 1. The molecular weight excluding hydrogens is 399 g/mol. The lowest BCUT2D eigenvalue weighted by Crippen LogP contribution is -2.62. The van der Waals surface area contributed by atoms with E-state index < -0.39 is 5.60 Å². The fourth-order valence-electron chi connectivity index (χ4n) is 3.97. The number of morpholine rings is 1. The number of carbonyl (C=O) groups excluding carboxylic acids is 2. The van der Waals surface area contributed by atoms with Crippen molar-refractivity contribution in [1.82, 2.24) is 10.2 Å². The minimum atomic E-state index is -1.19. The first-order valence-corrected chi connectivity index (χ1v) is 10.6. The summed E-state index contributed by atoms with van der Waals surface area (Å²) in [6.07, 6.45) is 2.22. The van der Waals surface area contributed by atoms with Crippen molar-refractivity contribution in [2.75, 3.05) is 33.4 Å². The van der Waals surface area contributed by atoms with Gasteiger partial charge in [-0.25, -0.2) is 4.39 Å². The molecule has 2 aliphatic rings. The third-order valence-electron chi connectivity index (χ3n) is 5.78. The van der Waals surface area contributed by atoms with Crippen LogP contribution >= 0.6 is 0 Å². The van der Waals surface area contributed by atoms with Gasteiger partial charge in [0.2, 0.25) is 5.91 Å². The van der Waals surface area contributed by atoms with Gasteiger partial charge in [0.05, 0.1) is 13.2 Å². The fraction of sp³-hybridized carbons (Fsp3) is 0.417. The summed E-state index contributed by atoms with van der Waals surface area (Å²) in [5.41, 5.74) is 1.48. The molecular formula is C24H27FN2O4. The van der Waals surface area contributed by atoms with Crippen LogP contribution < -0.4 is 5.32 Å². The van der Waals surface area contributed by atoms with Gasteiger partial charge in [-0.3, -0.25) is 9.59 Å². The van der Waals surface area contributed by atoms with E-state index in [1.807, 2.05) is 24.3 Å². The lowest BCUT2D eigenvalue weighted by Gasteiger charge is -2.42. The largest absolute Gasteiger partial charge is 0.375 e. The topological polar surface area (TPSA) is 67.9 Å². The number of hydrogen-bond donors (Lipinski definition) is 1. The normalized spacial score (nSPS) is 21.0. The number of carbonyl (C=O) groups is 2. The number of ether oxygens (including phenoxy) is 2. The van der Waals surface area contributed by atoms with Crippen LogP contribution in [0, 0.1) is 5.82 Å². The van der Waals surface area contributed by atoms with Gasteiger partial charge in [0.25, 0.3) is 5.91 Å². The summed E-state index contributed by atoms with van der Waals surface area (Å²) < 4.78 is 24.6. The fourth-order valence-corrected chi connectivity index (χ4v) is 3.97. The van der Waals surface area contributed by atoms with E-state index in [0.717, 1.165) is 29.5 Å². The van der Waals surface area contributed by atoms with Crippen LogP contribution in [0.3, 0.4) is 0 Å². The first-order chi connectivity index (χ1) is 15.0. The average molecular weight is 426 g/mol. The van der Waals surface area contributed by atoms with E-state index >= 15 is 0 Å². The van der Waals surface area contributed by atoms with Gasteiger partial charge in [0.15, 0.2) is 5.60 Å². The number of nitrogens with zero attached hydrogens (tertiary/aromatic N) is 1. The number of benzene rings is 2. The van der Waals surface area contributed by atoms with Gasteiger partial charge in [-0.15, -0.1) is 0 Å². The third kappa shape index (κ3) is 4.94. The Kier molecular flexibility index (Phi) is 6.34. The van der Waals surface area contributed by atoms with E-state index in [-0.39, 0.29) is 43.4 Å². The third-order valence-corrected chi connectivity index (χ3v) is 5.78. The Labute approximate surface area is 181 Å². The molecule has 1 saturated carbocycles. The molecule has 1 unspecified atom stereocenters. The molecule has 1 heterocycles. The Morgan fingerprint density at radius 2 is 1.94 bits per heavy atom. The summed E-state index contributed by atoms with van der Waals surface area (Å²) in [6, 6.07) is 14.2. The maximum absolute atomic E-state index is 13.4.